The molecule has 0 atom stereocenters. The second kappa shape index (κ2) is 7.75. The number of anilines is 2. The molecule has 2 fully saturated rings. The molecule has 0 aromatic carbocycles. The summed E-state index contributed by atoms with van der Waals surface area (Å²) in [5, 5.41) is 10.1. The molecule has 3 heterocycles. The molecule has 2 aliphatic rings. The fourth-order valence-corrected chi connectivity index (χ4v) is 5.24. The van der Waals surface area contributed by atoms with Crippen molar-refractivity contribution in [3.63, 3.8) is 0 Å². The SMILES string of the molecule is Cc1nc(N2CCOCC2)sc1-c1nnc(N(C)C2CCC(C)CC2)n1C. The van der Waals surface area contributed by atoms with Crippen molar-refractivity contribution in [2.45, 2.75) is 45.6 Å². The molecule has 0 unspecified atom stereocenters. The zero-order valence-electron chi connectivity index (χ0n) is 16.8. The molecule has 0 radical (unpaired) electrons. The van der Waals surface area contributed by atoms with Crippen LogP contribution in [0.25, 0.3) is 10.7 Å². The van der Waals surface area contributed by atoms with Crippen LogP contribution in [0.3, 0.4) is 0 Å². The van der Waals surface area contributed by atoms with Crippen molar-refractivity contribution in [1.82, 2.24) is 19.7 Å². The Labute approximate surface area is 165 Å². The number of nitrogens with zero attached hydrogens (tertiary/aromatic N) is 6. The van der Waals surface area contributed by atoms with E-state index in [1.807, 2.05) is 0 Å². The molecule has 148 valence electrons. The van der Waals surface area contributed by atoms with Crippen molar-refractivity contribution in [1.29, 1.82) is 0 Å². The standard InChI is InChI=1S/C19H30N6OS/c1-13-5-7-15(8-6-13)23(3)18-22-21-17(24(18)4)16-14(2)20-19(27-16)25-9-11-26-12-10-25/h13,15H,5-12H2,1-4H3. The van der Waals surface area contributed by atoms with E-state index in [4.69, 9.17) is 9.72 Å². The highest BCUT2D eigenvalue weighted by Gasteiger charge is 2.27. The van der Waals surface area contributed by atoms with Gasteiger partial charge in [0.15, 0.2) is 11.0 Å². The Bertz CT molecular complexity index is 773. The monoisotopic (exact) mass is 390 g/mol. The van der Waals surface area contributed by atoms with Crippen LogP contribution in [-0.4, -0.2) is 59.1 Å². The molecule has 27 heavy (non-hydrogen) atoms. The number of thiazole rings is 1. The van der Waals surface area contributed by atoms with E-state index in [-0.39, 0.29) is 0 Å². The third kappa shape index (κ3) is 3.69. The Balaban J connectivity index is 1.56. The van der Waals surface area contributed by atoms with Crippen LogP contribution in [0.15, 0.2) is 0 Å². The van der Waals surface area contributed by atoms with Crippen LogP contribution in [0, 0.1) is 12.8 Å². The normalized spacial score (nSPS) is 23.6. The Morgan fingerprint density at radius 1 is 1.11 bits per heavy atom. The summed E-state index contributed by atoms with van der Waals surface area (Å²) in [6.07, 6.45) is 5.08. The first-order valence-electron chi connectivity index (χ1n) is 9.97. The van der Waals surface area contributed by atoms with E-state index in [1.54, 1.807) is 11.3 Å². The maximum absolute atomic E-state index is 5.46. The zero-order chi connectivity index (χ0) is 19.0. The summed E-state index contributed by atoms with van der Waals surface area (Å²) >= 11 is 1.71. The molecular formula is C19H30N6OS. The molecule has 2 aromatic rings. The van der Waals surface area contributed by atoms with Gasteiger partial charge in [0.05, 0.1) is 23.8 Å². The van der Waals surface area contributed by atoms with E-state index < -0.39 is 0 Å². The molecule has 1 aliphatic carbocycles. The summed E-state index contributed by atoms with van der Waals surface area (Å²) in [4.78, 5) is 10.5. The molecule has 0 N–H and O–H groups in total. The minimum absolute atomic E-state index is 0.559. The van der Waals surface area contributed by atoms with Crippen LogP contribution in [0.4, 0.5) is 11.1 Å². The van der Waals surface area contributed by atoms with E-state index >= 15 is 0 Å². The number of morpholine rings is 1. The molecule has 4 rings (SSSR count). The number of aryl methyl sites for hydroxylation is 1. The molecule has 1 saturated heterocycles. The molecule has 0 bridgehead atoms. The van der Waals surface area contributed by atoms with Crippen molar-refractivity contribution in [3.8, 4) is 10.7 Å². The topological polar surface area (TPSA) is 59.3 Å². The van der Waals surface area contributed by atoms with E-state index in [2.05, 4.69) is 52.5 Å². The van der Waals surface area contributed by atoms with Crippen LogP contribution in [0.1, 0.15) is 38.3 Å². The lowest BCUT2D eigenvalue weighted by Crippen LogP contribution is -2.36. The maximum atomic E-state index is 5.46. The van der Waals surface area contributed by atoms with E-state index in [1.165, 1.54) is 25.7 Å². The highest BCUT2D eigenvalue weighted by Crippen LogP contribution is 2.35. The van der Waals surface area contributed by atoms with Gasteiger partial charge in [-0.1, -0.05) is 18.3 Å². The van der Waals surface area contributed by atoms with Gasteiger partial charge in [-0.05, 0) is 38.5 Å². The summed E-state index contributed by atoms with van der Waals surface area (Å²) in [5.41, 5.74) is 1.03. The summed E-state index contributed by atoms with van der Waals surface area (Å²) in [6.45, 7) is 7.77. The van der Waals surface area contributed by atoms with Crippen LogP contribution >= 0.6 is 11.3 Å². The second-order valence-corrected chi connectivity index (χ2v) is 8.90. The maximum Gasteiger partial charge on any atom is 0.227 e. The van der Waals surface area contributed by atoms with E-state index in [0.29, 0.717) is 6.04 Å². The van der Waals surface area contributed by atoms with Gasteiger partial charge in [-0.15, -0.1) is 10.2 Å². The molecule has 0 spiro atoms. The average molecular weight is 391 g/mol. The fourth-order valence-electron chi connectivity index (χ4n) is 4.10. The Morgan fingerprint density at radius 3 is 2.52 bits per heavy atom. The second-order valence-electron chi connectivity index (χ2n) is 7.92. The highest BCUT2D eigenvalue weighted by atomic mass is 32.1. The minimum atomic E-state index is 0.559. The molecular weight excluding hydrogens is 360 g/mol. The van der Waals surface area contributed by atoms with E-state index in [0.717, 1.165) is 59.7 Å². The molecule has 1 saturated carbocycles. The highest BCUT2D eigenvalue weighted by molar-refractivity contribution is 7.19. The van der Waals surface area contributed by atoms with Crippen LogP contribution < -0.4 is 9.80 Å². The van der Waals surface area contributed by atoms with Gasteiger partial charge in [0, 0.05) is 33.2 Å². The third-order valence-corrected chi connectivity index (χ3v) is 7.18. The lowest BCUT2D eigenvalue weighted by atomic mass is 9.87. The van der Waals surface area contributed by atoms with Crippen molar-refractivity contribution < 1.29 is 4.74 Å². The average Bonchev–Trinajstić information content (AvgIpc) is 3.25. The van der Waals surface area contributed by atoms with E-state index in [9.17, 15) is 0 Å². The summed E-state index contributed by atoms with van der Waals surface area (Å²) < 4.78 is 7.59. The van der Waals surface area contributed by atoms with Gasteiger partial charge in [-0.2, -0.15) is 0 Å². The summed E-state index contributed by atoms with van der Waals surface area (Å²) in [7, 11) is 4.23. The van der Waals surface area contributed by atoms with Crippen LogP contribution in [0.2, 0.25) is 0 Å². The molecule has 8 heteroatoms. The van der Waals surface area contributed by atoms with Crippen molar-refractivity contribution in [3.05, 3.63) is 5.69 Å². The Morgan fingerprint density at radius 2 is 1.81 bits per heavy atom. The first kappa shape index (κ1) is 18.7. The zero-order valence-corrected chi connectivity index (χ0v) is 17.6. The number of ether oxygens (including phenoxy) is 1. The van der Waals surface area contributed by atoms with Gasteiger partial charge in [0.25, 0.3) is 0 Å². The molecule has 2 aromatic heterocycles. The predicted octanol–water partition coefficient (Wildman–Crippen LogP) is 3.10. The van der Waals surface area contributed by atoms with Crippen molar-refractivity contribution >= 4 is 22.4 Å². The van der Waals surface area contributed by atoms with Gasteiger partial charge >= 0.3 is 0 Å². The Hall–Kier alpha value is -1.67. The molecule has 0 amide bonds. The lowest BCUT2D eigenvalue weighted by Gasteiger charge is -2.33. The smallest absolute Gasteiger partial charge is 0.227 e. The van der Waals surface area contributed by atoms with Gasteiger partial charge in [0.1, 0.15) is 0 Å². The van der Waals surface area contributed by atoms with Gasteiger partial charge < -0.3 is 14.5 Å². The summed E-state index contributed by atoms with van der Waals surface area (Å²) in [5.74, 6) is 2.71. The quantitative estimate of drug-likeness (QED) is 0.800. The first-order chi connectivity index (χ1) is 13.0. The van der Waals surface area contributed by atoms with Gasteiger partial charge in [-0.25, -0.2) is 4.98 Å². The van der Waals surface area contributed by atoms with Crippen molar-refractivity contribution in [2.75, 3.05) is 43.2 Å². The van der Waals surface area contributed by atoms with Gasteiger partial charge in [-0.3, -0.25) is 4.57 Å². The Kier molecular flexibility index (Phi) is 5.36. The number of aromatic nitrogens is 4. The largest absolute Gasteiger partial charge is 0.378 e. The predicted molar refractivity (Wildman–Crippen MR) is 110 cm³/mol. The first-order valence-corrected chi connectivity index (χ1v) is 10.8. The lowest BCUT2D eigenvalue weighted by molar-refractivity contribution is 0.122. The number of hydrogen-bond acceptors (Lipinski definition) is 7. The van der Waals surface area contributed by atoms with Crippen LogP contribution in [0.5, 0.6) is 0 Å². The molecule has 7 nitrogen and oxygen atoms in total. The molecule has 1 aliphatic heterocycles. The minimum Gasteiger partial charge on any atom is -0.378 e. The third-order valence-electron chi connectivity index (χ3n) is 5.97. The summed E-state index contributed by atoms with van der Waals surface area (Å²) in [6, 6.07) is 0.559. The fraction of sp³-hybridized carbons (Fsp3) is 0.737. The van der Waals surface area contributed by atoms with Crippen LogP contribution in [-0.2, 0) is 11.8 Å². The van der Waals surface area contributed by atoms with Crippen molar-refractivity contribution in [2.24, 2.45) is 13.0 Å². The number of rotatable bonds is 4. The number of hydrogen-bond donors (Lipinski definition) is 0. The van der Waals surface area contributed by atoms with Gasteiger partial charge in [0.2, 0.25) is 5.95 Å².